The molecule has 2 aromatic heterocycles. The highest BCUT2D eigenvalue weighted by atomic mass is 32.1. The van der Waals surface area contributed by atoms with Gasteiger partial charge in [0.15, 0.2) is 0 Å². The zero-order valence-electron chi connectivity index (χ0n) is 16.1. The Morgan fingerprint density at radius 3 is 2.61 bits per heavy atom. The van der Waals surface area contributed by atoms with Crippen LogP contribution >= 0.6 is 11.3 Å². The average molecular weight is 398 g/mol. The summed E-state index contributed by atoms with van der Waals surface area (Å²) >= 11 is 1.54. The van der Waals surface area contributed by atoms with Crippen molar-refractivity contribution >= 4 is 39.4 Å². The Hall–Kier alpha value is -3.00. The highest BCUT2D eigenvalue weighted by Crippen LogP contribution is 2.37. The molecule has 1 N–H and O–H groups in total. The number of nitrogens with one attached hydrogen (secondary N) is 1. The van der Waals surface area contributed by atoms with Crippen LogP contribution in [0.25, 0.3) is 21.3 Å². The number of carbonyl (C=O) groups is 2. The minimum atomic E-state index is -0.743. The zero-order valence-corrected chi connectivity index (χ0v) is 16.9. The Morgan fingerprint density at radius 2 is 1.93 bits per heavy atom. The summed E-state index contributed by atoms with van der Waals surface area (Å²) < 4.78 is 4.76. The molecule has 0 atom stereocenters. The van der Waals surface area contributed by atoms with E-state index in [0.717, 1.165) is 21.3 Å². The molecule has 0 aliphatic carbocycles. The number of benzene rings is 1. The number of likely N-dealkylation sites (N-methyl/N-ethyl adjacent to an activating group) is 1. The molecule has 3 aromatic rings. The van der Waals surface area contributed by atoms with Crippen molar-refractivity contribution in [2.24, 2.45) is 0 Å². The van der Waals surface area contributed by atoms with Gasteiger partial charge in [-0.2, -0.15) is 0 Å². The summed E-state index contributed by atoms with van der Waals surface area (Å²) in [4.78, 5) is 35.2. The molecule has 1 aromatic carbocycles. The van der Waals surface area contributed by atoms with E-state index in [2.05, 4.69) is 44.9 Å². The van der Waals surface area contributed by atoms with Crippen LogP contribution in [0.5, 0.6) is 0 Å². The fourth-order valence-corrected chi connectivity index (χ4v) is 3.79. The van der Waals surface area contributed by atoms with E-state index in [1.807, 2.05) is 18.7 Å². The summed E-state index contributed by atoms with van der Waals surface area (Å²) in [7, 11) is 0. The third-order valence-corrected chi connectivity index (χ3v) is 5.13. The van der Waals surface area contributed by atoms with E-state index in [1.54, 1.807) is 6.92 Å². The summed E-state index contributed by atoms with van der Waals surface area (Å²) in [6.45, 7) is 6.41. The predicted octanol–water partition coefficient (Wildman–Crippen LogP) is 3.77. The van der Waals surface area contributed by atoms with Crippen LogP contribution in [-0.2, 0) is 9.53 Å². The summed E-state index contributed by atoms with van der Waals surface area (Å²) in [6.07, 6.45) is 0.756. The van der Waals surface area contributed by atoms with Crippen molar-refractivity contribution in [1.82, 2.24) is 15.3 Å². The summed E-state index contributed by atoms with van der Waals surface area (Å²) in [6, 6.07) is 8.26. The lowest BCUT2D eigenvalue weighted by atomic mass is 10.0. The molecular formula is C20H22N4O3S. The van der Waals surface area contributed by atoms with E-state index < -0.39 is 12.0 Å². The highest BCUT2D eigenvalue weighted by molar-refractivity contribution is 7.17. The number of anilines is 1. The number of aromatic nitrogens is 2. The Balaban J connectivity index is 1.94. The maximum Gasteiger partial charge on any atom is 0.413 e. The van der Waals surface area contributed by atoms with E-state index >= 15 is 0 Å². The molecule has 2 amide bonds. The SMILES string of the molecule is CCOC(=O)NC(=O)CN(CC)c1ncnc2scc(-c3ccc(C)cc3)c12. The molecule has 7 nitrogen and oxygen atoms in total. The van der Waals surface area contributed by atoms with Gasteiger partial charge in [0.05, 0.1) is 18.5 Å². The first-order valence-electron chi connectivity index (χ1n) is 9.04. The fraction of sp³-hybridized carbons (Fsp3) is 0.300. The van der Waals surface area contributed by atoms with Gasteiger partial charge in [-0.15, -0.1) is 11.3 Å². The highest BCUT2D eigenvalue weighted by Gasteiger charge is 2.20. The molecule has 0 aliphatic heterocycles. The standard InChI is InChI=1S/C20H22N4O3S/c1-4-24(10-16(25)23-20(26)27-5-2)18-17-15(11-28-19(17)22-12-21-18)14-8-6-13(3)7-9-14/h6-9,11-12H,4-5,10H2,1-3H3,(H,23,25,26). The molecule has 0 saturated carbocycles. The largest absolute Gasteiger partial charge is 0.450 e. The van der Waals surface area contributed by atoms with Crippen LogP contribution in [0.1, 0.15) is 19.4 Å². The summed E-state index contributed by atoms with van der Waals surface area (Å²) in [5.74, 6) is 0.225. The molecule has 0 bridgehead atoms. The number of hydrogen-bond acceptors (Lipinski definition) is 7. The van der Waals surface area contributed by atoms with Gasteiger partial charge in [-0.05, 0) is 26.3 Å². The van der Waals surface area contributed by atoms with Crippen LogP contribution < -0.4 is 10.2 Å². The lowest BCUT2D eigenvalue weighted by Gasteiger charge is -2.22. The number of aryl methyl sites for hydroxylation is 1. The fourth-order valence-electron chi connectivity index (χ4n) is 2.88. The Bertz CT molecular complexity index is 985. The van der Waals surface area contributed by atoms with E-state index in [0.29, 0.717) is 12.4 Å². The predicted molar refractivity (Wildman–Crippen MR) is 111 cm³/mol. The number of carbonyl (C=O) groups excluding carboxylic acids is 2. The van der Waals surface area contributed by atoms with Gasteiger partial charge < -0.3 is 9.64 Å². The molecule has 3 rings (SSSR count). The number of amides is 2. The minimum absolute atomic E-state index is 0.00931. The van der Waals surface area contributed by atoms with Crippen molar-refractivity contribution in [1.29, 1.82) is 0 Å². The van der Waals surface area contributed by atoms with Crippen molar-refractivity contribution in [2.75, 3.05) is 24.6 Å². The molecule has 0 unspecified atom stereocenters. The van der Waals surface area contributed by atoms with Crippen molar-refractivity contribution in [3.05, 3.63) is 41.5 Å². The van der Waals surface area contributed by atoms with Gasteiger partial charge in [0, 0.05) is 17.5 Å². The van der Waals surface area contributed by atoms with Gasteiger partial charge in [0.2, 0.25) is 5.91 Å². The Morgan fingerprint density at radius 1 is 1.18 bits per heavy atom. The first kappa shape index (κ1) is 19.8. The van der Waals surface area contributed by atoms with Gasteiger partial charge in [-0.25, -0.2) is 14.8 Å². The number of imide groups is 1. The van der Waals surface area contributed by atoms with Crippen molar-refractivity contribution in [3.8, 4) is 11.1 Å². The molecule has 0 radical (unpaired) electrons. The van der Waals surface area contributed by atoms with Crippen LogP contribution in [0.15, 0.2) is 36.0 Å². The van der Waals surface area contributed by atoms with Crippen LogP contribution in [0, 0.1) is 6.92 Å². The molecule has 0 spiro atoms. The topological polar surface area (TPSA) is 84.4 Å². The third-order valence-electron chi connectivity index (χ3n) is 4.25. The normalized spacial score (nSPS) is 10.7. The van der Waals surface area contributed by atoms with Gasteiger partial charge in [0.1, 0.15) is 17.0 Å². The maximum absolute atomic E-state index is 12.2. The third kappa shape index (κ3) is 4.28. The second-order valence-electron chi connectivity index (χ2n) is 6.18. The van der Waals surface area contributed by atoms with E-state index in [1.165, 1.54) is 23.2 Å². The van der Waals surface area contributed by atoms with Crippen molar-refractivity contribution in [3.63, 3.8) is 0 Å². The van der Waals surface area contributed by atoms with Crippen LogP contribution in [0.2, 0.25) is 0 Å². The Kier molecular flexibility index (Phi) is 6.20. The van der Waals surface area contributed by atoms with Gasteiger partial charge in [-0.3, -0.25) is 10.1 Å². The quantitative estimate of drug-likeness (QED) is 0.680. The number of alkyl carbamates (subject to hydrolysis) is 1. The zero-order chi connectivity index (χ0) is 20.1. The van der Waals surface area contributed by atoms with Gasteiger partial charge in [-0.1, -0.05) is 29.8 Å². The molecule has 2 heterocycles. The second-order valence-corrected chi connectivity index (χ2v) is 7.03. The smallest absolute Gasteiger partial charge is 0.413 e. The van der Waals surface area contributed by atoms with E-state index in [9.17, 15) is 9.59 Å². The molecule has 0 aliphatic rings. The van der Waals surface area contributed by atoms with Crippen molar-refractivity contribution in [2.45, 2.75) is 20.8 Å². The Labute approximate surface area is 167 Å². The van der Waals surface area contributed by atoms with Crippen molar-refractivity contribution < 1.29 is 14.3 Å². The van der Waals surface area contributed by atoms with Gasteiger partial charge in [0.25, 0.3) is 0 Å². The number of hydrogen-bond donors (Lipinski definition) is 1. The lowest BCUT2D eigenvalue weighted by molar-refractivity contribution is -0.119. The first-order valence-corrected chi connectivity index (χ1v) is 9.92. The number of rotatable bonds is 6. The van der Waals surface area contributed by atoms with E-state index in [4.69, 9.17) is 4.74 Å². The minimum Gasteiger partial charge on any atom is -0.450 e. The number of thiophene rings is 1. The van der Waals surface area contributed by atoms with Crippen LogP contribution in [0.3, 0.4) is 0 Å². The number of ether oxygens (including phenoxy) is 1. The molecule has 0 saturated heterocycles. The van der Waals surface area contributed by atoms with Gasteiger partial charge >= 0.3 is 6.09 Å². The molecule has 8 heteroatoms. The number of nitrogens with zero attached hydrogens (tertiary/aromatic N) is 3. The first-order chi connectivity index (χ1) is 13.5. The lowest BCUT2D eigenvalue weighted by Crippen LogP contribution is -2.40. The molecular weight excluding hydrogens is 376 g/mol. The summed E-state index contributed by atoms with van der Waals surface area (Å²) in [5, 5.41) is 5.19. The van der Waals surface area contributed by atoms with E-state index in [-0.39, 0.29) is 13.2 Å². The number of fused-ring (bicyclic) bond motifs is 1. The molecule has 28 heavy (non-hydrogen) atoms. The molecule has 146 valence electrons. The van der Waals surface area contributed by atoms with Crippen LogP contribution in [0.4, 0.5) is 10.6 Å². The molecule has 0 fully saturated rings. The second kappa shape index (κ2) is 8.79. The average Bonchev–Trinajstić information content (AvgIpc) is 3.11. The maximum atomic E-state index is 12.2. The monoisotopic (exact) mass is 398 g/mol. The summed E-state index contributed by atoms with van der Waals surface area (Å²) in [5.41, 5.74) is 3.28. The van der Waals surface area contributed by atoms with Crippen LogP contribution in [-0.4, -0.2) is 41.7 Å².